The number of aliphatic hydroxyl groups is 2. The molecule has 5 atom stereocenters. The number of hydrogen-bond donors (Lipinski definition) is 5. The Kier molecular flexibility index (Phi) is 6.97. The fourth-order valence-electron chi connectivity index (χ4n) is 2.55. The summed E-state index contributed by atoms with van der Waals surface area (Å²) in [5, 5.41) is 25.8. The molecule has 1 aromatic rings. The van der Waals surface area contributed by atoms with Crippen molar-refractivity contribution in [2.75, 3.05) is 19.0 Å². The maximum atomic E-state index is 11.4. The third-order valence-corrected chi connectivity index (χ3v) is 4.28. The van der Waals surface area contributed by atoms with Crippen molar-refractivity contribution < 1.29 is 41.6 Å². The van der Waals surface area contributed by atoms with Crippen molar-refractivity contribution in [3.63, 3.8) is 0 Å². The second-order valence-electron chi connectivity index (χ2n) is 5.85. The molecule has 5 N–H and O–H groups in total. The molecule has 27 heavy (non-hydrogen) atoms. The molecule has 0 aliphatic carbocycles. The van der Waals surface area contributed by atoms with Gasteiger partial charge in [-0.15, -0.1) is 0 Å². The number of ether oxygens (including phenoxy) is 2. The fraction of sp³-hybridized carbons (Fsp3) is 0.533. The molecule has 1 heterocycles. The molecule has 1 aliphatic rings. The van der Waals surface area contributed by atoms with Crippen molar-refractivity contribution in [3.05, 3.63) is 24.3 Å². The first-order valence-corrected chi connectivity index (χ1v) is 9.32. The number of hydrogen-bond acceptors (Lipinski definition) is 9. The molecule has 0 radical (unpaired) electrons. The molecule has 1 fully saturated rings. The first-order valence-electron chi connectivity index (χ1n) is 7.95. The van der Waals surface area contributed by atoms with Crippen molar-refractivity contribution in [2.45, 2.75) is 37.6 Å². The molecule has 1 aliphatic heterocycles. The average molecular weight is 406 g/mol. The number of nitrogens with one attached hydrogen (secondary N) is 2. The summed E-state index contributed by atoms with van der Waals surface area (Å²) in [7, 11) is -3.03. The standard InChI is InChI=1S/C15H22N2O9S/c1-8(18)17-12-14(20)13(19)11(7-24-27(21,22)23)26-15(12)25-10-5-3-9(16-2)4-6-10/h3-6,11-16,19-20H,7H2,1-2H3,(H,17,18)(H,21,22,23). The van der Waals surface area contributed by atoms with Crippen LogP contribution >= 0.6 is 0 Å². The number of benzene rings is 1. The number of rotatable bonds is 7. The van der Waals surface area contributed by atoms with Crippen LogP contribution in [0.5, 0.6) is 5.75 Å². The number of aliphatic hydroxyl groups excluding tert-OH is 2. The predicted molar refractivity (Wildman–Crippen MR) is 92.4 cm³/mol. The third kappa shape index (κ3) is 6.02. The van der Waals surface area contributed by atoms with Gasteiger partial charge in [0.15, 0.2) is 0 Å². The van der Waals surface area contributed by atoms with E-state index in [2.05, 4.69) is 14.8 Å². The summed E-state index contributed by atoms with van der Waals surface area (Å²) >= 11 is 0. The second-order valence-corrected chi connectivity index (χ2v) is 6.95. The highest BCUT2D eigenvalue weighted by Gasteiger charge is 2.46. The number of carbonyl (C=O) groups is 1. The van der Waals surface area contributed by atoms with Crippen LogP contribution in [0.1, 0.15) is 6.92 Å². The van der Waals surface area contributed by atoms with Crippen LogP contribution in [0.4, 0.5) is 5.69 Å². The van der Waals surface area contributed by atoms with Crippen LogP contribution in [-0.4, -0.2) is 73.4 Å². The molecule has 1 amide bonds. The van der Waals surface area contributed by atoms with Crippen LogP contribution in [0.25, 0.3) is 0 Å². The van der Waals surface area contributed by atoms with Crippen LogP contribution in [0, 0.1) is 0 Å². The summed E-state index contributed by atoms with van der Waals surface area (Å²) in [6.07, 6.45) is -5.74. The SMILES string of the molecule is CNc1ccc(OC2OC(COS(=O)(=O)O)C(O)C(O)C2NC(C)=O)cc1. The minimum Gasteiger partial charge on any atom is -0.463 e. The molecule has 0 spiro atoms. The van der Waals surface area contributed by atoms with Crippen LogP contribution in [0.3, 0.4) is 0 Å². The van der Waals surface area contributed by atoms with Gasteiger partial charge in [-0.05, 0) is 24.3 Å². The van der Waals surface area contributed by atoms with Gasteiger partial charge in [-0.1, -0.05) is 0 Å². The molecule has 1 aromatic carbocycles. The normalized spacial score (nSPS) is 28.4. The van der Waals surface area contributed by atoms with E-state index in [9.17, 15) is 23.4 Å². The summed E-state index contributed by atoms with van der Waals surface area (Å²) in [5.41, 5.74) is 0.820. The fourth-order valence-corrected chi connectivity index (χ4v) is 2.85. The van der Waals surface area contributed by atoms with Gasteiger partial charge in [0.25, 0.3) is 0 Å². The molecular weight excluding hydrogens is 384 g/mol. The zero-order valence-electron chi connectivity index (χ0n) is 14.6. The van der Waals surface area contributed by atoms with Crippen molar-refractivity contribution in [3.8, 4) is 5.75 Å². The number of carbonyl (C=O) groups excluding carboxylic acids is 1. The van der Waals surface area contributed by atoms with Gasteiger partial charge in [0, 0.05) is 19.7 Å². The highest BCUT2D eigenvalue weighted by molar-refractivity contribution is 7.80. The molecule has 0 saturated carbocycles. The second kappa shape index (κ2) is 8.82. The number of anilines is 1. The van der Waals surface area contributed by atoms with E-state index in [0.29, 0.717) is 5.75 Å². The quantitative estimate of drug-likeness (QED) is 0.350. The topological polar surface area (TPSA) is 164 Å². The van der Waals surface area contributed by atoms with E-state index in [1.807, 2.05) is 0 Å². The van der Waals surface area contributed by atoms with E-state index in [-0.39, 0.29) is 0 Å². The smallest absolute Gasteiger partial charge is 0.397 e. The average Bonchev–Trinajstić information content (AvgIpc) is 2.59. The minimum atomic E-state index is -4.77. The monoisotopic (exact) mass is 406 g/mol. The van der Waals surface area contributed by atoms with E-state index in [0.717, 1.165) is 5.69 Å². The highest BCUT2D eigenvalue weighted by atomic mass is 32.3. The van der Waals surface area contributed by atoms with E-state index < -0.39 is 53.6 Å². The molecule has 1 saturated heterocycles. The molecule has 152 valence electrons. The Hall–Kier alpha value is -1.96. The van der Waals surface area contributed by atoms with Gasteiger partial charge in [0.1, 0.15) is 30.1 Å². The largest absolute Gasteiger partial charge is 0.463 e. The Balaban J connectivity index is 2.19. The van der Waals surface area contributed by atoms with Crippen molar-refractivity contribution in [1.82, 2.24) is 5.32 Å². The zero-order chi connectivity index (χ0) is 20.2. The van der Waals surface area contributed by atoms with Gasteiger partial charge in [-0.25, -0.2) is 4.18 Å². The summed E-state index contributed by atoms with van der Waals surface area (Å²) in [6, 6.07) is 5.52. The van der Waals surface area contributed by atoms with Crippen molar-refractivity contribution in [1.29, 1.82) is 0 Å². The lowest BCUT2D eigenvalue weighted by atomic mass is 9.97. The molecule has 0 bridgehead atoms. The van der Waals surface area contributed by atoms with Gasteiger partial charge >= 0.3 is 10.4 Å². The van der Waals surface area contributed by atoms with E-state index >= 15 is 0 Å². The summed E-state index contributed by atoms with van der Waals surface area (Å²) < 4.78 is 45.5. The van der Waals surface area contributed by atoms with Gasteiger partial charge in [0.2, 0.25) is 12.2 Å². The summed E-state index contributed by atoms with van der Waals surface area (Å²) in [6.45, 7) is 0.452. The Morgan fingerprint density at radius 3 is 2.37 bits per heavy atom. The Bertz CT molecular complexity index is 740. The van der Waals surface area contributed by atoms with Crippen molar-refractivity contribution >= 4 is 22.0 Å². The van der Waals surface area contributed by atoms with E-state index in [1.54, 1.807) is 31.3 Å². The predicted octanol–water partition coefficient (Wildman–Crippen LogP) is -1.12. The Labute approximate surface area is 156 Å². The van der Waals surface area contributed by atoms with Gasteiger partial charge < -0.3 is 30.3 Å². The van der Waals surface area contributed by atoms with Crippen molar-refractivity contribution in [2.24, 2.45) is 0 Å². The minimum absolute atomic E-state index is 0.340. The molecule has 0 aromatic heterocycles. The molecule has 11 nitrogen and oxygen atoms in total. The Morgan fingerprint density at radius 1 is 1.22 bits per heavy atom. The lowest BCUT2D eigenvalue weighted by molar-refractivity contribution is -0.242. The lowest BCUT2D eigenvalue weighted by Gasteiger charge is -2.42. The van der Waals surface area contributed by atoms with Crippen LogP contribution in [-0.2, 0) is 24.1 Å². The van der Waals surface area contributed by atoms with Gasteiger partial charge in [0.05, 0.1) is 6.61 Å². The Morgan fingerprint density at radius 2 is 1.85 bits per heavy atom. The van der Waals surface area contributed by atoms with Crippen LogP contribution < -0.4 is 15.4 Å². The van der Waals surface area contributed by atoms with Gasteiger partial charge in [-0.3, -0.25) is 9.35 Å². The zero-order valence-corrected chi connectivity index (χ0v) is 15.4. The highest BCUT2D eigenvalue weighted by Crippen LogP contribution is 2.25. The molecule has 12 heteroatoms. The van der Waals surface area contributed by atoms with Crippen LogP contribution in [0.15, 0.2) is 24.3 Å². The molecular formula is C15H22N2O9S. The van der Waals surface area contributed by atoms with Crippen LogP contribution in [0.2, 0.25) is 0 Å². The molecule has 5 unspecified atom stereocenters. The number of amides is 1. The first kappa shape index (κ1) is 21.3. The maximum absolute atomic E-state index is 11.4. The third-order valence-electron chi connectivity index (χ3n) is 3.85. The summed E-state index contributed by atoms with van der Waals surface area (Å²) in [5.74, 6) is -0.158. The summed E-state index contributed by atoms with van der Waals surface area (Å²) in [4.78, 5) is 11.4. The van der Waals surface area contributed by atoms with E-state index in [1.165, 1.54) is 6.92 Å². The lowest BCUT2D eigenvalue weighted by Crippen LogP contribution is -2.65. The first-order chi connectivity index (χ1) is 12.6. The molecule has 2 rings (SSSR count). The van der Waals surface area contributed by atoms with E-state index in [4.69, 9.17) is 14.0 Å². The maximum Gasteiger partial charge on any atom is 0.397 e. The van der Waals surface area contributed by atoms with Gasteiger partial charge in [-0.2, -0.15) is 8.42 Å².